The van der Waals surface area contributed by atoms with Gasteiger partial charge in [0.15, 0.2) is 11.5 Å². The van der Waals surface area contributed by atoms with Crippen LogP contribution in [0.3, 0.4) is 0 Å². The molecule has 280 valence electrons. The third kappa shape index (κ3) is 7.75. The number of rotatable bonds is 10. The van der Waals surface area contributed by atoms with E-state index in [9.17, 15) is 20.1 Å². The molecule has 0 spiro atoms. The predicted molar refractivity (Wildman–Crippen MR) is 205 cm³/mol. The number of anilines is 2. The molecule has 4 aromatic heterocycles. The molecule has 1 aromatic carbocycles. The Bertz CT molecular complexity index is 2270. The fraction of sp³-hybridized carbons (Fsp3) is 0.425. The fourth-order valence-electron chi connectivity index (χ4n) is 8.12. The number of amides is 2. The Hall–Kier alpha value is -6.19. The van der Waals surface area contributed by atoms with E-state index < -0.39 is 6.04 Å². The van der Waals surface area contributed by atoms with Crippen LogP contribution in [-0.2, 0) is 9.59 Å². The third-order valence-corrected chi connectivity index (χ3v) is 11.3. The highest BCUT2D eigenvalue weighted by Crippen LogP contribution is 2.37. The molecule has 1 aliphatic carbocycles. The van der Waals surface area contributed by atoms with Gasteiger partial charge in [-0.15, -0.1) is 5.10 Å². The highest BCUT2D eigenvalue weighted by molar-refractivity contribution is 6.01. The van der Waals surface area contributed by atoms with Crippen LogP contribution >= 0.6 is 0 Å². The van der Waals surface area contributed by atoms with Gasteiger partial charge < -0.3 is 10.2 Å². The summed E-state index contributed by atoms with van der Waals surface area (Å²) in [7, 11) is 0. The maximum absolute atomic E-state index is 12.3. The zero-order valence-corrected chi connectivity index (χ0v) is 30.8. The first kappa shape index (κ1) is 35.8. The molecule has 2 N–H and O–H groups in total. The minimum absolute atomic E-state index is 0.183. The monoisotopic (exact) mass is 737 g/mol. The van der Waals surface area contributed by atoms with E-state index in [-0.39, 0.29) is 17.7 Å². The summed E-state index contributed by atoms with van der Waals surface area (Å²) in [6.07, 6.45) is 13.5. The summed E-state index contributed by atoms with van der Waals surface area (Å²) < 4.78 is 3.34. The van der Waals surface area contributed by atoms with Gasteiger partial charge in [-0.3, -0.25) is 19.8 Å². The lowest BCUT2D eigenvalue weighted by molar-refractivity contribution is -0.134. The first-order valence-corrected chi connectivity index (χ1v) is 19.1. The molecule has 55 heavy (non-hydrogen) atoms. The fourth-order valence-corrected chi connectivity index (χ4v) is 8.12. The van der Waals surface area contributed by atoms with Crippen molar-refractivity contribution in [3.63, 3.8) is 0 Å². The van der Waals surface area contributed by atoms with E-state index in [0.717, 1.165) is 62.2 Å². The van der Waals surface area contributed by atoms with Crippen molar-refractivity contribution in [2.24, 2.45) is 5.92 Å². The lowest BCUT2D eigenvalue weighted by Gasteiger charge is -2.37. The number of nitriles is 2. The minimum Gasteiger partial charge on any atom is -0.369 e. The van der Waals surface area contributed by atoms with Crippen molar-refractivity contribution in [1.29, 1.82) is 10.5 Å². The van der Waals surface area contributed by atoms with E-state index in [1.165, 1.54) is 31.1 Å². The Labute approximate surface area is 319 Å². The van der Waals surface area contributed by atoms with Gasteiger partial charge >= 0.3 is 0 Å². The molecular formula is C40H43N13O2. The van der Waals surface area contributed by atoms with Crippen LogP contribution in [0.4, 0.5) is 11.4 Å². The Morgan fingerprint density at radius 2 is 1.76 bits per heavy atom. The summed E-state index contributed by atoms with van der Waals surface area (Å²) in [6, 6.07) is 15.7. The molecule has 3 aliphatic rings. The second kappa shape index (κ2) is 15.7. The van der Waals surface area contributed by atoms with E-state index >= 15 is 0 Å². The van der Waals surface area contributed by atoms with E-state index in [1.54, 1.807) is 34.7 Å². The molecule has 8 rings (SSSR count). The molecule has 2 aliphatic heterocycles. The molecule has 2 saturated heterocycles. The Kier molecular flexibility index (Phi) is 10.2. The van der Waals surface area contributed by atoms with Crippen LogP contribution in [0.1, 0.15) is 80.5 Å². The zero-order chi connectivity index (χ0) is 37.9. The number of imide groups is 1. The third-order valence-electron chi connectivity index (χ3n) is 11.3. The highest BCUT2D eigenvalue weighted by atomic mass is 16.2. The summed E-state index contributed by atoms with van der Waals surface area (Å²) >= 11 is 0. The first-order valence-electron chi connectivity index (χ1n) is 19.1. The summed E-state index contributed by atoms with van der Waals surface area (Å²) in [5, 5.41) is 38.8. The number of pyridine rings is 2. The molecule has 15 heteroatoms. The highest BCUT2D eigenvalue weighted by Gasteiger charge is 2.29. The zero-order valence-electron chi connectivity index (χ0n) is 30.8. The Morgan fingerprint density at radius 3 is 2.51 bits per heavy atom. The quantitative estimate of drug-likeness (QED) is 0.190. The van der Waals surface area contributed by atoms with Gasteiger partial charge in [0.2, 0.25) is 11.8 Å². The van der Waals surface area contributed by atoms with Gasteiger partial charge in [0.1, 0.15) is 17.8 Å². The largest absolute Gasteiger partial charge is 0.369 e. The van der Waals surface area contributed by atoms with E-state index in [2.05, 4.69) is 70.1 Å². The molecule has 0 radical (unpaired) electrons. The van der Waals surface area contributed by atoms with Crippen molar-refractivity contribution in [2.45, 2.75) is 69.7 Å². The van der Waals surface area contributed by atoms with Crippen LogP contribution in [0.2, 0.25) is 0 Å². The number of benzene rings is 1. The lowest BCUT2D eigenvalue weighted by atomic mass is 9.79. The van der Waals surface area contributed by atoms with E-state index in [0.29, 0.717) is 53.1 Å². The van der Waals surface area contributed by atoms with Crippen LogP contribution < -0.4 is 15.5 Å². The molecule has 6 heterocycles. The van der Waals surface area contributed by atoms with Gasteiger partial charge in [-0.2, -0.15) is 20.3 Å². The van der Waals surface area contributed by atoms with Crippen molar-refractivity contribution < 1.29 is 9.59 Å². The smallest absolute Gasteiger partial charge is 0.234 e. The van der Waals surface area contributed by atoms with Crippen molar-refractivity contribution >= 4 is 34.2 Å². The molecule has 1 saturated carbocycles. The molecule has 3 fully saturated rings. The molecule has 5 aromatic rings. The number of fused-ring (bicyclic) bond motifs is 1. The summed E-state index contributed by atoms with van der Waals surface area (Å²) in [5.41, 5.74) is 5.50. The van der Waals surface area contributed by atoms with Crippen molar-refractivity contribution in [3.05, 3.63) is 78.0 Å². The number of piperazine rings is 1. The van der Waals surface area contributed by atoms with Gasteiger partial charge in [-0.25, -0.2) is 14.6 Å². The predicted octanol–water partition coefficient (Wildman–Crippen LogP) is 4.60. The minimum atomic E-state index is -0.465. The maximum atomic E-state index is 12.3. The van der Waals surface area contributed by atoms with Gasteiger partial charge in [0.05, 0.1) is 47.5 Å². The number of carbonyl (C=O) groups is 2. The van der Waals surface area contributed by atoms with Gasteiger partial charge in [0, 0.05) is 61.9 Å². The van der Waals surface area contributed by atoms with Crippen LogP contribution in [-0.4, -0.2) is 90.2 Å². The number of piperidine rings is 1. The second-order valence-corrected chi connectivity index (χ2v) is 14.9. The molecule has 2 atom stereocenters. The topological polar surface area (TPSA) is 187 Å². The summed E-state index contributed by atoms with van der Waals surface area (Å²) in [5.74, 6) is 0.933. The average molecular weight is 738 g/mol. The van der Waals surface area contributed by atoms with Gasteiger partial charge in [0.25, 0.3) is 0 Å². The summed E-state index contributed by atoms with van der Waals surface area (Å²) in [6.45, 7) is 6.92. The van der Waals surface area contributed by atoms with Crippen LogP contribution in [0.5, 0.6) is 0 Å². The number of hydrogen-bond donors (Lipinski definition) is 2. The van der Waals surface area contributed by atoms with E-state index in [4.69, 9.17) is 0 Å². The molecule has 2 amide bonds. The average Bonchev–Trinajstić information content (AvgIpc) is 3.88. The van der Waals surface area contributed by atoms with Crippen LogP contribution in [0, 0.1) is 28.6 Å². The van der Waals surface area contributed by atoms with Crippen molar-refractivity contribution in [1.82, 2.24) is 45.0 Å². The Balaban J connectivity index is 0.836. The maximum Gasteiger partial charge on any atom is 0.234 e. The molecule has 15 nitrogen and oxygen atoms in total. The normalized spacial score (nSPS) is 21.1. The number of hydrogen-bond acceptors (Lipinski definition) is 12. The number of nitrogens with zero attached hydrogens (tertiary/aromatic N) is 11. The van der Waals surface area contributed by atoms with Gasteiger partial charge in [-0.1, -0.05) is 17.3 Å². The summed E-state index contributed by atoms with van der Waals surface area (Å²) in [4.78, 5) is 37.9. The molecule has 0 bridgehead atoms. The van der Waals surface area contributed by atoms with Crippen molar-refractivity contribution in [2.75, 3.05) is 42.9 Å². The molecule has 1 unspecified atom stereocenters. The van der Waals surface area contributed by atoms with Crippen LogP contribution in [0.25, 0.3) is 22.5 Å². The number of carbonyl (C=O) groups excluding carboxylic acids is 2. The standard InChI is InChI=1S/C40H43N13O2/c1-26(20-41)46-34-19-37(53-39-31(23-45-53)18-28(21-42)22-44-39)43-24-36(34)52-25-35(48-49-52)30-4-2-27(3-5-30)12-13-50-14-16-51(17-15-50)32-8-6-29(7-9-32)33-10-11-38(54)47-40(33)55/h6-9,18-19,22-27,30,33H,2-5,10-17H2,1H3,(H,43,46)(H,47,54,55)/t26-,27?,30?,33?/m1/s1. The van der Waals surface area contributed by atoms with E-state index in [1.807, 2.05) is 24.4 Å². The lowest BCUT2D eigenvalue weighted by Crippen LogP contribution is -2.47. The SMILES string of the molecule is C[C@H](C#N)Nc1cc(-n2ncc3cc(C#N)cnc32)ncc1-n1cc(C2CCC(CCN3CCN(c4ccc(C5CCC(=O)NC5=O)cc4)CC3)CC2)nn1. The second-order valence-electron chi connectivity index (χ2n) is 14.9. The van der Waals surface area contributed by atoms with Crippen molar-refractivity contribution in [3.8, 4) is 23.6 Å². The molecular weight excluding hydrogens is 695 g/mol. The number of aromatic nitrogens is 7. The Morgan fingerprint density at radius 1 is 0.964 bits per heavy atom. The van der Waals surface area contributed by atoms with Gasteiger partial charge in [-0.05, 0) is 81.7 Å². The van der Waals surface area contributed by atoms with Crippen LogP contribution in [0.15, 0.2) is 61.2 Å². The first-order chi connectivity index (χ1) is 26.8. The number of nitrogens with one attached hydrogen (secondary N) is 2.